The SMILES string of the molecule is CC1CCC(NC(=O)Cn2ccc(N)n2)C1. The molecule has 1 saturated carbocycles. The lowest BCUT2D eigenvalue weighted by atomic mass is 10.1. The van der Waals surface area contributed by atoms with Crippen LogP contribution in [0.5, 0.6) is 0 Å². The van der Waals surface area contributed by atoms with Crippen LogP contribution < -0.4 is 11.1 Å². The third-order valence-electron chi connectivity index (χ3n) is 3.03. The van der Waals surface area contributed by atoms with Crippen molar-refractivity contribution in [1.29, 1.82) is 0 Å². The van der Waals surface area contributed by atoms with E-state index in [2.05, 4.69) is 17.3 Å². The summed E-state index contributed by atoms with van der Waals surface area (Å²) < 4.78 is 1.56. The molecule has 2 rings (SSSR count). The predicted molar refractivity (Wildman–Crippen MR) is 61.6 cm³/mol. The summed E-state index contributed by atoms with van der Waals surface area (Å²) in [6.07, 6.45) is 5.10. The van der Waals surface area contributed by atoms with Crippen LogP contribution >= 0.6 is 0 Å². The summed E-state index contributed by atoms with van der Waals surface area (Å²) in [5, 5.41) is 7.00. The number of nitrogen functional groups attached to an aromatic ring is 1. The van der Waals surface area contributed by atoms with Crippen LogP contribution in [-0.2, 0) is 11.3 Å². The van der Waals surface area contributed by atoms with E-state index in [-0.39, 0.29) is 12.5 Å². The normalized spacial score (nSPS) is 24.6. The van der Waals surface area contributed by atoms with E-state index in [9.17, 15) is 4.79 Å². The van der Waals surface area contributed by atoms with Gasteiger partial charge in [0.1, 0.15) is 12.4 Å². The van der Waals surface area contributed by atoms with Crippen LogP contribution in [-0.4, -0.2) is 21.7 Å². The second-order valence-electron chi connectivity index (χ2n) is 4.62. The number of hydrogen-bond donors (Lipinski definition) is 2. The van der Waals surface area contributed by atoms with Gasteiger partial charge in [0.2, 0.25) is 5.91 Å². The zero-order valence-corrected chi connectivity index (χ0v) is 9.52. The number of rotatable bonds is 3. The Labute approximate surface area is 95.0 Å². The summed E-state index contributed by atoms with van der Waals surface area (Å²) in [6.45, 7) is 2.47. The van der Waals surface area contributed by atoms with Crippen LogP contribution in [0.1, 0.15) is 26.2 Å². The molecule has 88 valence electrons. The number of carbonyl (C=O) groups is 1. The topological polar surface area (TPSA) is 72.9 Å². The Balaban J connectivity index is 1.80. The molecule has 1 amide bonds. The van der Waals surface area contributed by atoms with E-state index in [1.54, 1.807) is 16.9 Å². The number of nitrogens with two attached hydrogens (primary N) is 1. The van der Waals surface area contributed by atoms with Crippen LogP contribution in [0.15, 0.2) is 12.3 Å². The molecule has 1 aromatic rings. The summed E-state index contributed by atoms with van der Waals surface area (Å²) in [6, 6.07) is 2.03. The monoisotopic (exact) mass is 222 g/mol. The standard InChI is InChI=1S/C11H18N4O/c1-8-2-3-9(6-8)13-11(16)7-15-5-4-10(12)14-15/h4-5,8-9H,2-3,6-7H2,1H3,(H2,12,14)(H,13,16). The van der Waals surface area contributed by atoms with Gasteiger partial charge in [0.05, 0.1) is 0 Å². The van der Waals surface area contributed by atoms with Gasteiger partial charge in [0, 0.05) is 12.2 Å². The van der Waals surface area contributed by atoms with Gasteiger partial charge in [-0.3, -0.25) is 9.48 Å². The van der Waals surface area contributed by atoms with Crippen molar-refractivity contribution in [3.05, 3.63) is 12.3 Å². The molecule has 3 N–H and O–H groups in total. The number of anilines is 1. The molecule has 0 aliphatic heterocycles. The molecule has 1 fully saturated rings. The van der Waals surface area contributed by atoms with Crippen LogP contribution in [0.4, 0.5) is 5.82 Å². The van der Waals surface area contributed by atoms with Crippen LogP contribution in [0, 0.1) is 5.92 Å². The van der Waals surface area contributed by atoms with E-state index in [0.717, 1.165) is 18.8 Å². The van der Waals surface area contributed by atoms with E-state index in [0.29, 0.717) is 11.9 Å². The van der Waals surface area contributed by atoms with E-state index in [4.69, 9.17) is 5.73 Å². The molecule has 1 aromatic heterocycles. The molecule has 5 heteroatoms. The first kappa shape index (κ1) is 11.0. The fraction of sp³-hybridized carbons (Fsp3) is 0.636. The summed E-state index contributed by atoms with van der Waals surface area (Å²) in [7, 11) is 0. The first-order chi connectivity index (χ1) is 7.63. The van der Waals surface area contributed by atoms with Crippen molar-refractivity contribution in [3.63, 3.8) is 0 Å². The van der Waals surface area contributed by atoms with E-state index < -0.39 is 0 Å². The predicted octanol–water partition coefficient (Wildman–Crippen LogP) is 0.770. The Morgan fingerprint density at radius 1 is 1.69 bits per heavy atom. The van der Waals surface area contributed by atoms with Gasteiger partial charge in [-0.2, -0.15) is 5.10 Å². The molecule has 1 heterocycles. The fourth-order valence-corrected chi connectivity index (χ4v) is 2.22. The van der Waals surface area contributed by atoms with Crippen LogP contribution in [0.25, 0.3) is 0 Å². The highest BCUT2D eigenvalue weighted by atomic mass is 16.2. The average Bonchev–Trinajstić information content (AvgIpc) is 2.76. The molecule has 0 bridgehead atoms. The Morgan fingerprint density at radius 2 is 2.50 bits per heavy atom. The van der Waals surface area contributed by atoms with E-state index in [1.807, 2.05) is 0 Å². The van der Waals surface area contributed by atoms with Gasteiger partial charge < -0.3 is 11.1 Å². The van der Waals surface area contributed by atoms with Crippen molar-refractivity contribution < 1.29 is 4.79 Å². The van der Waals surface area contributed by atoms with Gasteiger partial charge in [-0.05, 0) is 31.2 Å². The van der Waals surface area contributed by atoms with Crippen LogP contribution in [0.2, 0.25) is 0 Å². The maximum atomic E-state index is 11.7. The zero-order valence-electron chi connectivity index (χ0n) is 9.52. The molecule has 16 heavy (non-hydrogen) atoms. The smallest absolute Gasteiger partial charge is 0.241 e. The molecule has 0 aromatic carbocycles. The maximum absolute atomic E-state index is 11.7. The molecule has 0 radical (unpaired) electrons. The Hall–Kier alpha value is -1.52. The summed E-state index contributed by atoms with van der Waals surface area (Å²) >= 11 is 0. The Bertz CT molecular complexity index is 374. The van der Waals surface area contributed by atoms with Gasteiger partial charge in [-0.15, -0.1) is 0 Å². The van der Waals surface area contributed by atoms with Crippen molar-refractivity contribution >= 4 is 11.7 Å². The summed E-state index contributed by atoms with van der Waals surface area (Å²) in [4.78, 5) is 11.7. The minimum absolute atomic E-state index is 0.0159. The summed E-state index contributed by atoms with van der Waals surface area (Å²) in [5.41, 5.74) is 5.47. The van der Waals surface area contributed by atoms with Gasteiger partial charge in [0.25, 0.3) is 0 Å². The average molecular weight is 222 g/mol. The number of hydrogen-bond acceptors (Lipinski definition) is 3. The summed E-state index contributed by atoms with van der Waals surface area (Å²) in [5.74, 6) is 1.19. The lowest BCUT2D eigenvalue weighted by molar-refractivity contribution is -0.122. The largest absolute Gasteiger partial charge is 0.382 e. The quantitative estimate of drug-likeness (QED) is 0.793. The first-order valence-electron chi connectivity index (χ1n) is 5.72. The molecular weight excluding hydrogens is 204 g/mol. The molecule has 1 aliphatic carbocycles. The van der Waals surface area contributed by atoms with Gasteiger partial charge in [-0.25, -0.2) is 0 Å². The maximum Gasteiger partial charge on any atom is 0.241 e. The third-order valence-corrected chi connectivity index (χ3v) is 3.03. The van der Waals surface area contributed by atoms with Crippen molar-refractivity contribution in [1.82, 2.24) is 15.1 Å². The minimum Gasteiger partial charge on any atom is -0.382 e. The second kappa shape index (κ2) is 4.55. The lowest BCUT2D eigenvalue weighted by Crippen LogP contribution is -2.35. The van der Waals surface area contributed by atoms with E-state index >= 15 is 0 Å². The van der Waals surface area contributed by atoms with Crippen molar-refractivity contribution in [2.24, 2.45) is 5.92 Å². The zero-order chi connectivity index (χ0) is 11.5. The number of nitrogens with zero attached hydrogens (tertiary/aromatic N) is 2. The van der Waals surface area contributed by atoms with Crippen molar-refractivity contribution in [2.75, 3.05) is 5.73 Å². The number of aromatic nitrogens is 2. The molecule has 2 atom stereocenters. The molecular formula is C11H18N4O. The fourth-order valence-electron chi connectivity index (χ4n) is 2.22. The number of carbonyl (C=O) groups excluding carboxylic acids is 1. The highest BCUT2D eigenvalue weighted by molar-refractivity contribution is 5.76. The second-order valence-corrected chi connectivity index (χ2v) is 4.62. The Kier molecular flexibility index (Phi) is 3.12. The molecule has 5 nitrogen and oxygen atoms in total. The molecule has 1 aliphatic rings. The number of amides is 1. The number of nitrogens with one attached hydrogen (secondary N) is 1. The molecule has 0 saturated heterocycles. The Morgan fingerprint density at radius 3 is 3.06 bits per heavy atom. The van der Waals surface area contributed by atoms with Gasteiger partial charge in [-0.1, -0.05) is 6.92 Å². The van der Waals surface area contributed by atoms with Crippen molar-refractivity contribution in [3.8, 4) is 0 Å². The van der Waals surface area contributed by atoms with Gasteiger partial charge in [0.15, 0.2) is 0 Å². The van der Waals surface area contributed by atoms with Crippen molar-refractivity contribution in [2.45, 2.75) is 38.8 Å². The lowest BCUT2D eigenvalue weighted by Gasteiger charge is -2.12. The third kappa shape index (κ3) is 2.74. The van der Waals surface area contributed by atoms with E-state index in [1.165, 1.54) is 6.42 Å². The van der Waals surface area contributed by atoms with Crippen LogP contribution in [0.3, 0.4) is 0 Å². The molecule has 2 unspecified atom stereocenters. The highest BCUT2D eigenvalue weighted by Crippen LogP contribution is 2.24. The van der Waals surface area contributed by atoms with Gasteiger partial charge >= 0.3 is 0 Å². The first-order valence-corrected chi connectivity index (χ1v) is 5.72. The minimum atomic E-state index is 0.0159. The molecule has 0 spiro atoms. The highest BCUT2D eigenvalue weighted by Gasteiger charge is 2.22.